The van der Waals surface area contributed by atoms with Crippen LogP contribution in [0.2, 0.25) is 5.02 Å². The fraction of sp³-hybridized carbons (Fsp3) is 0. The summed E-state index contributed by atoms with van der Waals surface area (Å²) in [6.07, 6.45) is 0. The van der Waals surface area contributed by atoms with E-state index in [0.717, 1.165) is 14.0 Å². The van der Waals surface area contributed by atoms with E-state index in [2.05, 4.69) is 26.0 Å². The molecule has 0 fully saturated rings. The fourth-order valence-corrected chi connectivity index (χ4v) is 3.38. The summed E-state index contributed by atoms with van der Waals surface area (Å²) in [6, 6.07) is 6.30. The third kappa shape index (κ3) is 2.28. The van der Waals surface area contributed by atoms with Gasteiger partial charge in [-0.15, -0.1) is 16.4 Å². The van der Waals surface area contributed by atoms with Gasteiger partial charge < -0.3 is 5.11 Å². The third-order valence-electron chi connectivity index (χ3n) is 2.62. The van der Waals surface area contributed by atoms with Crippen molar-refractivity contribution in [3.05, 3.63) is 49.6 Å². The number of hydrogen-bond acceptors (Lipinski definition) is 4. The maximum absolute atomic E-state index is 12.0. The molecule has 20 heavy (non-hydrogen) atoms. The molecule has 2 aromatic heterocycles. The standard InChI is InChI=1S/C12H7BrClN3O2S/c13-7-3-4-20-10(7)11-15-12(19)17(16-11)8-5-6(14)1-2-9(8)18/h1-5,18H,(H,15,16,19). The van der Waals surface area contributed by atoms with E-state index < -0.39 is 5.69 Å². The van der Waals surface area contributed by atoms with Crippen LogP contribution >= 0.6 is 38.9 Å². The van der Waals surface area contributed by atoms with Gasteiger partial charge in [0.1, 0.15) is 11.4 Å². The Morgan fingerprint density at radius 1 is 1.40 bits per heavy atom. The number of hydrogen-bond donors (Lipinski definition) is 2. The second kappa shape index (κ2) is 5.08. The van der Waals surface area contributed by atoms with Crippen molar-refractivity contribution in [3.8, 4) is 22.1 Å². The van der Waals surface area contributed by atoms with Gasteiger partial charge >= 0.3 is 5.69 Å². The van der Waals surface area contributed by atoms with E-state index in [1.165, 1.54) is 29.5 Å². The van der Waals surface area contributed by atoms with Gasteiger partial charge in [-0.2, -0.15) is 4.68 Å². The van der Waals surface area contributed by atoms with Gasteiger partial charge in [0.2, 0.25) is 0 Å². The number of benzene rings is 1. The van der Waals surface area contributed by atoms with Crippen molar-refractivity contribution < 1.29 is 5.11 Å². The summed E-state index contributed by atoms with van der Waals surface area (Å²) in [6.45, 7) is 0. The van der Waals surface area contributed by atoms with E-state index in [-0.39, 0.29) is 11.4 Å². The zero-order valence-corrected chi connectivity index (χ0v) is 13.0. The van der Waals surface area contributed by atoms with E-state index in [9.17, 15) is 9.90 Å². The third-order valence-corrected chi connectivity index (χ3v) is 4.70. The van der Waals surface area contributed by atoms with Crippen LogP contribution in [0.25, 0.3) is 16.4 Å². The molecule has 0 aliphatic carbocycles. The zero-order chi connectivity index (χ0) is 14.3. The number of aromatic nitrogens is 3. The Bertz CT molecular complexity index is 839. The van der Waals surface area contributed by atoms with Gasteiger partial charge in [0, 0.05) is 9.50 Å². The number of phenolic OH excluding ortho intramolecular Hbond substituents is 1. The van der Waals surface area contributed by atoms with Gasteiger partial charge in [0.05, 0.1) is 4.88 Å². The zero-order valence-electron chi connectivity index (χ0n) is 9.80. The number of halogens is 2. The van der Waals surface area contributed by atoms with Crippen molar-refractivity contribution >= 4 is 38.9 Å². The second-order valence-electron chi connectivity index (χ2n) is 3.92. The molecule has 0 saturated heterocycles. The maximum Gasteiger partial charge on any atom is 0.348 e. The summed E-state index contributed by atoms with van der Waals surface area (Å²) in [5, 5.41) is 16.3. The van der Waals surface area contributed by atoms with Crippen LogP contribution in [0.3, 0.4) is 0 Å². The molecule has 3 rings (SSSR count). The van der Waals surface area contributed by atoms with Gasteiger partial charge in [-0.3, -0.25) is 4.98 Å². The summed E-state index contributed by atoms with van der Waals surface area (Å²) < 4.78 is 1.93. The number of nitrogens with zero attached hydrogens (tertiary/aromatic N) is 2. The topological polar surface area (TPSA) is 70.9 Å². The lowest BCUT2D eigenvalue weighted by Gasteiger charge is -2.02. The molecule has 0 saturated carbocycles. The molecule has 5 nitrogen and oxygen atoms in total. The monoisotopic (exact) mass is 371 g/mol. The van der Waals surface area contributed by atoms with Crippen molar-refractivity contribution in [2.24, 2.45) is 0 Å². The molecule has 0 unspecified atom stereocenters. The van der Waals surface area contributed by atoms with Gasteiger partial charge in [-0.1, -0.05) is 11.6 Å². The SMILES string of the molecule is O=c1[nH]c(-c2sccc2Br)nn1-c1cc(Cl)ccc1O. The van der Waals surface area contributed by atoms with Gasteiger partial charge in [0.25, 0.3) is 0 Å². The summed E-state index contributed by atoms with van der Waals surface area (Å²) in [4.78, 5) is 15.5. The van der Waals surface area contributed by atoms with Crippen LogP contribution in [0.4, 0.5) is 0 Å². The fourth-order valence-electron chi connectivity index (χ4n) is 1.72. The Balaban J connectivity index is 2.17. The Hall–Kier alpha value is -1.57. The minimum atomic E-state index is -0.446. The average molecular weight is 373 g/mol. The highest BCUT2D eigenvalue weighted by atomic mass is 79.9. The predicted molar refractivity (Wildman–Crippen MR) is 81.9 cm³/mol. The highest BCUT2D eigenvalue weighted by molar-refractivity contribution is 9.10. The molecule has 0 radical (unpaired) electrons. The molecule has 0 amide bonds. The molecule has 3 aromatic rings. The van der Waals surface area contributed by atoms with Crippen molar-refractivity contribution in [2.75, 3.05) is 0 Å². The molecule has 0 atom stereocenters. The van der Waals surface area contributed by atoms with E-state index in [0.29, 0.717) is 10.8 Å². The number of thiophene rings is 1. The molecular formula is C12H7BrClN3O2S. The maximum atomic E-state index is 12.0. The molecule has 102 valence electrons. The normalized spacial score (nSPS) is 10.9. The molecule has 2 heterocycles. The van der Waals surface area contributed by atoms with Crippen LogP contribution in [0.15, 0.2) is 38.9 Å². The first kappa shape index (κ1) is 13.4. The first-order valence-corrected chi connectivity index (χ1v) is 7.53. The minimum Gasteiger partial charge on any atom is -0.506 e. The van der Waals surface area contributed by atoms with Gasteiger partial charge in [-0.05, 0) is 45.6 Å². The quantitative estimate of drug-likeness (QED) is 0.724. The first-order valence-electron chi connectivity index (χ1n) is 5.48. The summed E-state index contributed by atoms with van der Waals surface area (Å²) in [7, 11) is 0. The van der Waals surface area contributed by atoms with E-state index in [1.54, 1.807) is 0 Å². The molecule has 0 bridgehead atoms. The highest BCUT2D eigenvalue weighted by Gasteiger charge is 2.15. The molecule has 0 aliphatic rings. The van der Waals surface area contributed by atoms with Crippen LogP contribution in [0, 0.1) is 0 Å². The van der Waals surface area contributed by atoms with Crippen molar-refractivity contribution in [3.63, 3.8) is 0 Å². The first-order chi connectivity index (χ1) is 9.56. The molecule has 8 heteroatoms. The lowest BCUT2D eigenvalue weighted by atomic mass is 10.3. The summed E-state index contributed by atoms with van der Waals surface area (Å²) in [5.74, 6) is 0.357. The van der Waals surface area contributed by atoms with Crippen LogP contribution in [0.5, 0.6) is 5.75 Å². The largest absolute Gasteiger partial charge is 0.506 e. The lowest BCUT2D eigenvalue weighted by Crippen LogP contribution is -2.16. The van der Waals surface area contributed by atoms with E-state index >= 15 is 0 Å². The van der Waals surface area contributed by atoms with Gasteiger partial charge in [-0.25, -0.2) is 4.79 Å². The van der Waals surface area contributed by atoms with Gasteiger partial charge in [0.15, 0.2) is 5.82 Å². The second-order valence-corrected chi connectivity index (χ2v) is 6.13. The van der Waals surface area contributed by atoms with E-state index in [1.807, 2.05) is 11.4 Å². The molecular weight excluding hydrogens is 366 g/mol. The smallest absolute Gasteiger partial charge is 0.348 e. The van der Waals surface area contributed by atoms with Crippen LogP contribution in [0.1, 0.15) is 0 Å². The minimum absolute atomic E-state index is 0.0696. The Labute approximate surface area is 130 Å². The highest BCUT2D eigenvalue weighted by Crippen LogP contribution is 2.31. The summed E-state index contributed by atoms with van der Waals surface area (Å²) >= 11 is 10.7. The Kier molecular flexibility index (Phi) is 3.41. The van der Waals surface area contributed by atoms with E-state index in [4.69, 9.17) is 11.6 Å². The molecule has 0 spiro atoms. The Morgan fingerprint density at radius 2 is 2.20 bits per heavy atom. The number of phenols is 1. The predicted octanol–water partition coefficient (Wildman–Crippen LogP) is 3.41. The van der Waals surface area contributed by atoms with Crippen molar-refractivity contribution in [2.45, 2.75) is 0 Å². The van der Waals surface area contributed by atoms with Crippen LogP contribution in [-0.2, 0) is 0 Å². The summed E-state index contributed by atoms with van der Waals surface area (Å²) in [5.41, 5.74) is -0.212. The van der Waals surface area contributed by atoms with Crippen molar-refractivity contribution in [1.29, 1.82) is 0 Å². The number of aromatic amines is 1. The van der Waals surface area contributed by atoms with Crippen molar-refractivity contribution in [1.82, 2.24) is 14.8 Å². The van der Waals surface area contributed by atoms with Crippen LogP contribution < -0.4 is 5.69 Å². The number of aromatic hydroxyl groups is 1. The molecule has 0 aliphatic heterocycles. The number of H-pyrrole nitrogens is 1. The lowest BCUT2D eigenvalue weighted by molar-refractivity contribution is 0.470. The Morgan fingerprint density at radius 3 is 2.90 bits per heavy atom. The average Bonchev–Trinajstić information content (AvgIpc) is 2.98. The van der Waals surface area contributed by atoms with Crippen LogP contribution in [-0.4, -0.2) is 19.9 Å². The molecule has 2 N–H and O–H groups in total. The number of nitrogens with one attached hydrogen (secondary N) is 1. The number of rotatable bonds is 2. The molecule has 1 aromatic carbocycles.